The first-order valence-corrected chi connectivity index (χ1v) is 13.1. The fourth-order valence-electron chi connectivity index (χ4n) is 5.45. The number of rotatable bonds is 5. The summed E-state index contributed by atoms with van der Waals surface area (Å²) in [5.74, 6) is 0.221. The second-order valence-electron chi connectivity index (χ2n) is 9.86. The molecule has 1 aliphatic rings. The zero-order valence-corrected chi connectivity index (χ0v) is 21.8. The third-order valence-corrected chi connectivity index (χ3v) is 7.34. The van der Waals surface area contributed by atoms with Crippen LogP contribution in [0.3, 0.4) is 0 Å². The number of benzene rings is 3. The number of anilines is 2. The van der Waals surface area contributed by atoms with Gasteiger partial charge in [0.15, 0.2) is 17.2 Å². The topological polar surface area (TPSA) is 115 Å². The average molecular weight is 546 g/mol. The number of halogens is 1. The Hall–Kier alpha value is -5.51. The molecule has 1 unspecified atom stereocenters. The van der Waals surface area contributed by atoms with Gasteiger partial charge in [-0.15, -0.1) is 0 Å². The van der Waals surface area contributed by atoms with Gasteiger partial charge >= 0.3 is 0 Å². The first-order valence-electron chi connectivity index (χ1n) is 13.1. The number of ether oxygens (including phenoxy) is 1. The van der Waals surface area contributed by atoms with Crippen molar-refractivity contribution in [3.8, 4) is 22.9 Å². The quantitative estimate of drug-likeness (QED) is 0.265. The van der Waals surface area contributed by atoms with E-state index in [-0.39, 0.29) is 23.5 Å². The molecule has 0 fully saturated rings. The second-order valence-corrected chi connectivity index (χ2v) is 9.86. The maximum absolute atomic E-state index is 15.0. The maximum Gasteiger partial charge on any atom is 0.250 e. The van der Waals surface area contributed by atoms with E-state index in [0.717, 1.165) is 16.6 Å². The smallest absolute Gasteiger partial charge is 0.250 e. The third kappa shape index (κ3) is 4.17. The summed E-state index contributed by atoms with van der Waals surface area (Å²) >= 11 is 0. The number of nitrogens with zero attached hydrogens (tertiary/aromatic N) is 5. The molecule has 9 nitrogen and oxygen atoms in total. The van der Waals surface area contributed by atoms with Gasteiger partial charge in [-0.1, -0.05) is 43.0 Å². The lowest BCUT2D eigenvalue weighted by molar-refractivity contribution is -0.114. The fraction of sp³-hybridized carbons (Fsp3) is 0.0968. The van der Waals surface area contributed by atoms with E-state index in [4.69, 9.17) is 15.6 Å². The Morgan fingerprint density at radius 1 is 1.10 bits per heavy atom. The van der Waals surface area contributed by atoms with Gasteiger partial charge in [-0.05, 0) is 48.4 Å². The number of aromatic nitrogens is 5. The van der Waals surface area contributed by atoms with Crippen LogP contribution in [0.25, 0.3) is 33.3 Å². The van der Waals surface area contributed by atoms with Gasteiger partial charge in [0, 0.05) is 29.2 Å². The molecule has 3 aromatic carbocycles. The van der Waals surface area contributed by atoms with E-state index in [9.17, 15) is 9.18 Å². The Kier molecular flexibility index (Phi) is 5.74. The molecular formula is C31H24FN7O2. The molecule has 1 amide bonds. The zero-order valence-electron chi connectivity index (χ0n) is 21.8. The summed E-state index contributed by atoms with van der Waals surface area (Å²) in [5.41, 5.74) is 10.5. The fourth-order valence-corrected chi connectivity index (χ4v) is 5.45. The predicted octanol–water partition coefficient (Wildman–Crippen LogP) is 5.80. The highest BCUT2D eigenvalue weighted by atomic mass is 19.1. The van der Waals surface area contributed by atoms with Crippen molar-refractivity contribution in [1.82, 2.24) is 24.7 Å². The minimum atomic E-state index is -0.499. The van der Waals surface area contributed by atoms with Gasteiger partial charge < -0.3 is 20.4 Å². The van der Waals surface area contributed by atoms with Crippen LogP contribution in [0.15, 0.2) is 91.8 Å². The van der Waals surface area contributed by atoms with Crippen molar-refractivity contribution in [3.05, 3.63) is 103 Å². The van der Waals surface area contributed by atoms with Crippen LogP contribution < -0.4 is 15.4 Å². The first kappa shape index (κ1) is 24.5. The molecule has 0 saturated heterocycles. The summed E-state index contributed by atoms with van der Waals surface area (Å²) in [6, 6.07) is 21.5. The number of para-hydroxylation sites is 2. The number of carbonyl (C=O) groups excluding carboxylic acids is 1. The lowest BCUT2D eigenvalue weighted by atomic mass is 9.97. The van der Waals surface area contributed by atoms with Gasteiger partial charge in [-0.3, -0.25) is 4.79 Å². The second kappa shape index (κ2) is 9.60. The normalized spacial score (nSPS) is 14.8. The molecule has 4 heterocycles. The summed E-state index contributed by atoms with van der Waals surface area (Å²) in [4.78, 5) is 26.5. The molecule has 10 heteroatoms. The monoisotopic (exact) mass is 545 g/mol. The molecule has 0 saturated carbocycles. The molecule has 0 bridgehead atoms. The van der Waals surface area contributed by atoms with Crippen molar-refractivity contribution in [2.24, 2.45) is 0 Å². The Labute approximate surface area is 233 Å². The van der Waals surface area contributed by atoms with Gasteiger partial charge in [0.05, 0.1) is 17.1 Å². The predicted molar refractivity (Wildman–Crippen MR) is 155 cm³/mol. The standard InChI is InChI=1S/C31H24FN7O2/c1-2-27(40)38-16-20(12-18-8-6-7-11-25(18)38)39-31-28(30(33)34-17-35-31)29(37-39)24-13-19-14-26(22(32)15-23(19)36-24)41-21-9-4-3-5-10-21/h2-11,13-15,17,20,36H,1,12,16H2,(H2,33,34,35). The van der Waals surface area contributed by atoms with Crippen LogP contribution >= 0.6 is 0 Å². The van der Waals surface area contributed by atoms with E-state index in [1.807, 2.05) is 48.5 Å². The van der Waals surface area contributed by atoms with Gasteiger partial charge in [-0.2, -0.15) is 5.10 Å². The number of nitrogen functional groups attached to an aromatic ring is 1. The number of aromatic amines is 1. The van der Waals surface area contributed by atoms with Crippen LogP contribution in [0, 0.1) is 5.82 Å². The van der Waals surface area contributed by atoms with E-state index < -0.39 is 5.82 Å². The number of fused-ring (bicyclic) bond motifs is 3. The molecule has 41 heavy (non-hydrogen) atoms. The van der Waals surface area contributed by atoms with Crippen LogP contribution in [0.5, 0.6) is 11.5 Å². The molecule has 1 atom stereocenters. The molecular weight excluding hydrogens is 521 g/mol. The molecule has 3 aromatic heterocycles. The van der Waals surface area contributed by atoms with Gasteiger partial charge in [-0.25, -0.2) is 19.0 Å². The summed E-state index contributed by atoms with van der Waals surface area (Å²) < 4.78 is 22.6. The Balaban J connectivity index is 1.33. The Morgan fingerprint density at radius 3 is 2.73 bits per heavy atom. The van der Waals surface area contributed by atoms with Crippen molar-refractivity contribution < 1.29 is 13.9 Å². The van der Waals surface area contributed by atoms with E-state index in [1.165, 1.54) is 18.5 Å². The number of carbonyl (C=O) groups is 1. The molecule has 0 aliphatic carbocycles. The molecule has 0 radical (unpaired) electrons. The van der Waals surface area contributed by atoms with Crippen LogP contribution in [-0.4, -0.2) is 37.2 Å². The SMILES string of the molecule is C=CC(=O)N1CC(n2nc(-c3cc4cc(Oc5ccccc5)c(F)cc4[nH]3)c3c(N)ncnc32)Cc2ccccc21. The van der Waals surface area contributed by atoms with Crippen LogP contribution in [0.1, 0.15) is 11.6 Å². The number of amides is 1. The minimum absolute atomic E-state index is 0.111. The number of hydrogen-bond acceptors (Lipinski definition) is 6. The summed E-state index contributed by atoms with van der Waals surface area (Å²) in [7, 11) is 0. The summed E-state index contributed by atoms with van der Waals surface area (Å²) in [6.45, 7) is 4.05. The lowest BCUT2D eigenvalue weighted by Gasteiger charge is -2.34. The third-order valence-electron chi connectivity index (χ3n) is 7.34. The van der Waals surface area contributed by atoms with Crippen molar-refractivity contribution >= 4 is 39.3 Å². The number of hydrogen-bond donors (Lipinski definition) is 2. The molecule has 3 N–H and O–H groups in total. The molecule has 6 aromatic rings. The maximum atomic E-state index is 15.0. The number of nitrogens with two attached hydrogens (primary N) is 1. The summed E-state index contributed by atoms with van der Waals surface area (Å²) in [6.07, 6.45) is 3.34. The van der Waals surface area contributed by atoms with E-state index in [0.29, 0.717) is 46.7 Å². The number of H-pyrrole nitrogens is 1. The Morgan fingerprint density at radius 2 is 1.90 bits per heavy atom. The average Bonchev–Trinajstić information content (AvgIpc) is 3.59. The van der Waals surface area contributed by atoms with Crippen molar-refractivity contribution in [2.45, 2.75) is 12.5 Å². The molecule has 1 aliphatic heterocycles. The van der Waals surface area contributed by atoms with E-state index in [2.05, 4.69) is 21.5 Å². The van der Waals surface area contributed by atoms with Gasteiger partial charge in [0.2, 0.25) is 5.91 Å². The van der Waals surface area contributed by atoms with Crippen molar-refractivity contribution in [3.63, 3.8) is 0 Å². The van der Waals surface area contributed by atoms with Crippen LogP contribution in [-0.2, 0) is 11.2 Å². The summed E-state index contributed by atoms with van der Waals surface area (Å²) in [5, 5.41) is 6.26. The van der Waals surface area contributed by atoms with Gasteiger partial charge in [0.25, 0.3) is 0 Å². The zero-order chi connectivity index (χ0) is 28.1. The van der Waals surface area contributed by atoms with E-state index in [1.54, 1.807) is 27.8 Å². The van der Waals surface area contributed by atoms with Gasteiger partial charge in [0.1, 0.15) is 23.6 Å². The van der Waals surface area contributed by atoms with E-state index >= 15 is 0 Å². The highest BCUT2D eigenvalue weighted by Gasteiger charge is 2.31. The molecule has 202 valence electrons. The first-order chi connectivity index (χ1) is 20.0. The molecule has 0 spiro atoms. The Bertz CT molecular complexity index is 1960. The molecule has 7 rings (SSSR count). The highest BCUT2D eigenvalue weighted by Crippen LogP contribution is 2.38. The minimum Gasteiger partial charge on any atom is -0.454 e. The van der Waals surface area contributed by atoms with Crippen molar-refractivity contribution in [2.75, 3.05) is 17.2 Å². The van der Waals surface area contributed by atoms with Crippen molar-refractivity contribution in [1.29, 1.82) is 0 Å². The number of nitrogens with one attached hydrogen (secondary N) is 1. The largest absolute Gasteiger partial charge is 0.454 e. The highest BCUT2D eigenvalue weighted by molar-refractivity contribution is 6.02. The lowest BCUT2D eigenvalue weighted by Crippen LogP contribution is -2.40. The van der Waals surface area contributed by atoms with Crippen LogP contribution in [0.4, 0.5) is 15.9 Å². The van der Waals surface area contributed by atoms with Crippen LogP contribution in [0.2, 0.25) is 0 Å².